The van der Waals surface area contributed by atoms with Crippen LogP contribution in [-0.4, -0.2) is 33.0 Å². The van der Waals surface area contributed by atoms with Gasteiger partial charge in [0, 0.05) is 29.9 Å². The van der Waals surface area contributed by atoms with E-state index in [0.29, 0.717) is 28.1 Å². The van der Waals surface area contributed by atoms with Gasteiger partial charge in [0.05, 0.1) is 12.4 Å². The van der Waals surface area contributed by atoms with Crippen LogP contribution in [0.5, 0.6) is 0 Å². The maximum Gasteiger partial charge on any atom is 0.221 e. The van der Waals surface area contributed by atoms with Gasteiger partial charge in [0.25, 0.3) is 0 Å². The first kappa shape index (κ1) is 22.5. The second-order valence-corrected chi connectivity index (χ2v) is 8.93. The highest BCUT2D eigenvalue weighted by Crippen LogP contribution is 2.39. The first-order valence-corrected chi connectivity index (χ1v) is 10.1. The standard InChI is InChI=1S/C24H26FN3O3/c1-6-14-8-16(23-26-11-17(25)12-27-23)7-13(2)20(14)21-18(29)9-15(22(21)31)10-19(30)28-24(3,4)5/h6-8,11-12,15,21H,1,9-10H2,2-5H3,(H,28,30). The van der Waals surface area contributed by atoms with Gasteiger partial charge in [-0.05, 0) is 56.5 Å². The lowest BCUT2D eigenvalue weighted by molar-refractivity contribution is -0.129. The van der Waals surface area contributed by atoms with Gasteiger partial charge in [-0.25, -0.2) is 14.4 Å². The maximum atomic E-state index is 13.2. The number of aromatic nitrogens is 2. The summed E-state index contributed by atoms with van der Waals surface area (Å²) in [7, 11) is 0. The summed E-state index contributed by atoms with van der Waals surface area (Å²) in [6.07, 6.45) is 3.77. The molecule has 0 saturated heterocycles. The minimum atomic E-state index is -0.927. The Bertz CT molecular complexity index is 1050. The van der Waals surface area contributed by atoms with Crippen molar-refractivity contribution in [2.75, 3.05) is 0 Å². The molecule has 0 spiro atoms. The largest absolute Gasteiger partial charge is 0.351 e. The van der Waals surface area contributed by atoms with E-state index in [4.69, 9.17) is 0 Å². The predicted octanol–water partition coefficient (Wildman–Crippen LogP) is 3.78. The van der Waals surface area contributed by atoms with Crippen LogP contribution in [0.25, 0.3) is 17.5 Å². The van der Waals surface area contributed by atoms with Crippen LogP contribution in [0, 0.1) is 18.7 Å². The lowest BCUT2D eigenvalue weighted by Gasteiger charge is -2.21. The van der Waals surface area contributed by atoms with Crippen molar-refractivity contribution in [3.63, 3.8) is 0 Å². The topological polar surface area (TPSA) is 89.0 Å². The molecule has 1 aromatic carbocycles. The molecule has 1 N–H and O–H groups in total. The van der Waals surface area contributed by atoms with Crippen molar-refractivity contribution in [3.8, 4) is 11.4 Å². The first-order valence-electron chi connectivity index (χ1n) is 10.1. The van der Waals surface area contributed by atoms with Crippen LogP contribution in [0.4, 0.5) is 4.39 Å². The monoisotopic (exact) mass is 423 g/mol. The summed E-state index contributed by atoms with van der Waals surface area (Å²) >= 11 is 0. The number of rotatable bonds is 5. The van der Waals surface area contributed by atoms with E-state index in [-0.39, 0.29) is 30.3 Å². The van der Waals surface area contributed by atoms with E-state index in [1.165, 1.54) is 0 Å². The SMILES string of the molecule is C=Cc1cc(-c2ncc(F)cn2)cc(C)c1C1C(=O)CC(CC(=O)NC(C)(C)C)C1=O. The van der Waals surface area contributed by atoms with Crippen molar-refractivity contribution in [2.45, 2.75) is 52.0 Å². The summed E-state index contributed by atoms with van der Waals surface area (Å²) in [4.78, 5) is 46.2. The number of Topliss-reactive ketones (excluding diaryl/α,β-unsaturated/α-hetero) is 2. The van der Waals surface area contributed by atoms with E-state index >= 15 is 0 Å². The number of carbonyl (C=O) groups is 3. The number of hydrogen-bond acceptors (Lipinski definition) is 5. The van der Waals surface area contributed by atoms with Gasteiger partial charge in [-0.3, -0.25) is 14.4 Å². The Balaban J connectivity index is 1.92. The fourth-order valence-corrected chi connectivity index (χ4v) is 4.00. The summed E-state index contributed by atoms with van der Waals surface area (Å²) in [6, 6.07) is 3.51. The Labute approximate surface area is 181 Å². The number of amides is 1. The van der Waals surface area contributed by atoms with Crippen molar-refractivity contribution >= 4 is 23.5 Å². The molecule has 1 aromatic heterocycles. The lowest BCUT2D eigenvalue weighted by atomic mass is 9.85. The molecular formula is C24H26FN3O3. The Hall–Kier alpha value is -3.22. The van der Waals surface area contributed by atoms with Gasteiger partial charge in [0.1, 0.15) is 11.7 Å². The molecule has 0 bridgehead atoms. The number of benzene rings is 1. The van der Waals surface area contributed by atoms with Gasteiger partial charge in [-0.2, -0.15) is 0 Å². The Morgan fingerprint density at radius 1 is 1.26 bits per heavy atom. The van der Waals surface area contributed by atoms with Crippen molar-refractivity contribution in [3.05, 3.63) is 53.6 Å². The van der Waals surface area contributed by atoms with Crippen LogP contribution in [-0.2, 0) is 14.4 Å². The van der Waals surface area contributed by atoms with E-state index in [0.717, 1.165) is 12.4 Å². The van der Waals surface area contributed by atoms with E-state index < -0.39 is 23.2 Å². The zero-order valence-corrected chi connectivity index (χ0v) is 18.2. The van der Waals surface area contributed by atoms with Gasteiger partial charge in [-0.1, -0.05) is 12.7 Å². The molecule has 31 heavy (non-hydrogen) atoms. The lowest BCUT2D eigenvalue weighted by Crippen LogP contribution is -2.41. The fourth-order valence-electron chi connectivity index (χ4n) is 4.00. The molecule has 3 rings (SSSR count). The molecule has 0 aliphatic heterocycles. The first-order chi connectivity index (χ1) is 14.5. The summed E-state index contributed by atoms with van der Waals surface area (Å²) in [5, 5.41) is 2.84. The van der Waals surface area contributed by atoms with Gasteiger partial charge in [-0.15, -0.1) is 0 Å². The molecule has 6 nitrogen and oxygen atoms in total. The number of nitrogens with zero attached hydrogens (tertiary/aromatic N) is 2. The van der Waals surface area contributed by atoms with E-state index in [1.54, 1.807) is 25.1 Å². The third-order valence-corrected chi connectivity index (χ3v) is 5.21. The summed E-state index contributed by atoms with van der Waals surface area (Å²) in [5.74, 6) is -2.46. The minimum absolute atomic E-state index is 0.0116. The molecule has 2 atom stereocenters. The van der Waals surface area contributed by atoms with Crippen LogP contribution in [0.1, 0.15) is 56.2 Å². The highest BCUT2D eigenvalue weighted by atomic mass is 19.1. The summed E-state index contributed by atoms with van der Waals surface area (Å²) < 4.78 is 13.2. The summed E-state index contributed by atoms with van der Waals surface area (Å²) in [5.41, 5.74) is 2.15. The molecule has 162 valence electrons. The number of ketones is 2. The third kappa shape index (κ3) is 4.93. The van der Waals surface area contributed by atoms with Crippen molar-refractivity contribution in [1.82, 2.24) is 15.3 Å². The molecule has 1 heterocycles. The van der Waals surface area contributed by atoms with E-state index in [2.05, 4.69) is 21.9 Å². The number of hydrogen-bond donors (Lipinski definition) is 1. The predicted molar refractivity (Wildman–Crippen MR) is 116 cm³/mol. The van der Waals surface area contributed by atoms with Gasteiger partial charge < -0.3 is 5.32 Å². The second-order valence-electron chi connectivity index (χ2n) is 8.93. The number of aryl methyl sites for hydroxylation is 1. The average Bonchev–Trinajstić information content (AvgIpc) is 2.93. The Morgan fingerprint density at radius 2 is 1.90 bits per heavy atom. The minimum Gasteiger partial charge on any atom is -0.351 e. The second kappa shape index (κ2) is 8.49. The maximum absolute atomic E-state index is 13.2. The number of halogens is 1. The van der Waals surface area contributed by atoms with Crippen molar-refractivity contribution < 1.29 is 18.8 Å². The summed E-state index contributed by atoms with van der Waals surface area (Å²) in [6.45, 7) is 11.2. The molecular weight excluding hydrogens is 397 g/mol. The molecule has 1 aliphatic carbocycles. The zero-order chi connectivity index (χ0) is 22.9. The van der Waals surface area contributed by atoms with Gasteiger partial charge in [0.15, 0.2) is 17.4 Å². The quantitative estimate of drug-likeness (QED) is 0.740. The Kier molecular flexibility index (Phi) is 6.15. The molecule has 7 heteroatoms. The fraction of sp³-hybridized carbons (Fsp3) is 0.375. The normalized spacial score (nSPS) is 18.9. The van der Waals surface area contributed by atoms with Crippen LogP contribution in [0.3, 0.4) is 0 Å². The zero-order valence-electron chi connectivity index (χ0n) is 18.2. The molecule has 1 saturated carbocycles. The van der Waals surface area contributed by atoms with Gasteiger partial charge in [0.2, 0.25) is 5.91 Å². The molecule has 1 aliphatic rings. The molecule has 1 amide bonds. The third-order valence-electron chi connectivity index (χ3n) is 5.21. The highest BCUT2D eigenvalue weighted by molar-refractivity contribution is 6.16. The van der Waals surface area contributed by atoms with Crippen LogP contribution < -0.4 is 5.32 Å². The number of carbonyl (C=O) groups excluding carboxylic acids is 3. The Morgan fingerprint density at radius 3 is 2.48 bits per heavy atom. The van der Waals surface area contributed by atoms with Crippen molar-refractivity contribution in [2.24, 2.45) is 5.92 Å². The average molecular weight is 423 g/mol. The van der Waals surface area contributed by atoms with E-state index in [9.17, 15) is 18.8 Å². The highest BCUT2D eigenvalue weighted by Gasteiger charge is 2.44. The molecule has 1 fully saturated rings. The van der Waals surface area contributed by atoms with E-state index in [1.807, 2.05) is 20.8 Å². The smallest absolute Gasteiger partial charge is 0.221 e. The van der Waals surface area contributed by atoms with Crippen LogP contribution >= 0.6 is 0 Å². The number of nitrogens with one attached hydrogen (secondary N) is 1. The molecule has 2 unspecified atom stereocenters. The van der Waals surface area contributed by atoms with Crippen molar-refractivity contribution in [1.29, 1.82) is 0 Å². The van der Waals surface area contributed by atoms with Crippen LogP contribution in [0.15, 0.2) is 31.1 Å². The molecule has 0 radical (unpaired) electrons. The molecule has 2 aromatic rings. The van der Waals surface area contributed by atoms with Gasteiger partial charge >= 0.3 is 0 Å². The van der Waals surface area contributed by atoms with Crippen LogP contribution in [0.2, 0.25) is 0 Å².